The number of carbonyl (C=O) groups excluding carboxylic acids is 1. The molecule has 0 fully saturated rings. The second-order valence-electron chi connectivity index (χ2n) is 4.37. The van der Waals surface area contributed by atoms with E-state index in [1.807, 2.05) is 13.8 Å². The number of hydrogen-bond acceptors (Lipinski definition) is 2. The van der Waals surface area contributed by atoms with Crippen molar-refractivity contribution < 1.29 is 18.3 Å². The summed E-state index contributed by atoms with van der Waals surface area (Å²) in [5, 5.41) is 2.77. The molecule has 0 heterocycles. The Kier molecular flexibility index (Phi) is 6.21. The van der Waals surface area contributed by atoms with Crippen LogP contribution < -0.4 is 10.1 Å². The predicted octanol–water partition coefficient (Wildman–Crippen LogP) is 3.44. The molecule has 19 heavy (non-hydrogen) atoms. The Balaban J connectivity index is 2.53. The van der Waals surface area contributed by atoms with Gasteiger partial charge < -0.3 is 10.1 Å². The molecule has 0 aliphatic heterocycles. The summed E-state index contributed by atoms with van der Waals surface area (Å²) >= 11 is 3.46. The minimum absolute atomic E-state index is 0.0344. The third-order valence-corrected chi connectivity index (χ3v) is 3.90. The van der Waals surface area contributed by atoms with Gasteiger partial charge in [0.25, 0.3) is 5.91 Å². The average molecular weight is 336 g/mol. The molecule has 0 radical (unpaired) electrons. The fraction of sp³-hybridized carbons (Fsp3) is 0.462. The van der Waals surface area contributed by atoms with Gasteiger partial charge in [0.2, 0.25) is 0 Å². The van der Waals surface area contributed by atoms with E-state index in [-0.39, 0.29) is 16.5 Å². The maximum Gasteiger partial charge on any atom is 0.387 e. The quantitative estimate of drug-likeness (QED) is 0.809. The number of ether oxygens (including phenoxy) is 1. The number of amides is 1. The Morgan fingerprint density at radius 1 is 1.32 bits per heavy atom. The smallest absolute Gasteiger partial charge is 0.387 e. The van der Waals surface area contributed by atoms with Gasteiger partial charge in [-0.1, -0.05) is 29.8 Å². The lowest BCUT2D eigenvalue weighted by Crippen LogP contribution is -2.31. The lowest BCUT2D eigenvalue weighted by Gasteiger charge is -2.14. The molecule has 1 aromatic rings. The highest BCUT2D eigenvalue weighted by molar-refractivity contribution is 9.09. The van der Waals surface area contributed by atoms with Crippen LogP contribution in [0.3, 0.4) is 0 Å². The van der Waals surface area contributed by atoms with Crippen LogP contribution in [0, 0.1) is 5.92 Å². The van der Waals surface area contributed by atoms with Crippen LogP contribution in [0.15, 0.2) is 24.3 Å². The van der Waals surface area contributed by atoms with Crippen molar-refractivity contribution in [2.24, 2.45) is 5.92 Å². The van der Waals surface area contributed by atoms with Crippen LogP contribution in [0.5, 0.6) is 5.75 Å². The molecule has 0 saturated carbocycles. The Bertz CT molecular complexity index is 410. The maximum absolute atomic E-state index is 12.0. The van der Waals surface area contributed by atoms with Crippen molar-refractivity contribution >= 4 is 21.8 Å². The Morgan fingerprint density at radius 3 is 2.37 bits per heavy atom. The number of benzene rings is 1. The Labute approximate surface area is 119 Å². The van der Waals surface area contributed by atoms with E-state index in [1.54, 1.807) is 0 Å². The molecule has 6 heteroatoms. The van der Waals surface area contributed by atoms with Crippen LogP contribution in [0.25, 0.3) is 0 Å². The minimum Gasteiger partial charge on any atom is -0.435 e. The first-order valence-electron chi connectivity index (χ1n) is 5.87. The highest BCUT2D eigenvalue weighted by Gasteiger charge is 2.12. The summed E-state index contributed by atoms with van der Waals surface area (Å²) in [5.41, 5.74) is 0.407. The zero-order chi connectivity index (χ0) is 14.4. The lowest BCUT2D eigenvalue weighted by molar-refractivity contribution is -0.0498. The second kappa shape index (κ2) is 7.43. The SMILES string of the molecule is CC(C)C(Br)CNC(=O)c1ccc(OC(F)F)cc1. The molecule has 1 atom stereocenters. The number of hydrogen-bond donors (Lipinski definition) is 1. The first kappa shape index (κ1) is 15.9. The fourth-order valence-electron chi connectivity index (χ4n) is 1.32. The average Bonchev–Trinajstić information content (AvgIpc) is 2.35. The maximum atomic E-state index is 12.0. The predicted molar refractivity (Wildman–Crippen MR) is 73.0 cm³/mol. The zero-order valence-corrected chi connectivity index (χ0v) is 12.3. The number of nitrogens with one attached hydrogen (secondary N) is 1. The van der Waals surface area contributed by atoms with Crippen molar-refractivity contribution in [1.82, 2.24) is 5.32 Å². The number of halogens is 3. The molecular formula is C13H16BrF2NO2. The molecule has 106 valence electrons. The summed E-state index contributed by atoms with van der Waals surface area (Å²) in [7, 11) is 0. The van der Waals surface area contributed by atoms with Crippen LogP contribution in [0.4, 0.5) is 8.78 Å². The van der Waals surface area contributed by atoms with E-state index in [9.17, 15) is 13.6 Å². The number of carbonyl (C=O) groups is 1. The number of rotatable bonds is 6. The van der Waals surface area contributed by atoms with Crippen molar-refractivity contribution in [1.29, 1.82) is 0 Å². The van der Waals surface area contributed by atoms with E-state index in [1.165, 1.54) is 24.3 Å². The van der Waals surface area contributed by atoms with Crippen LogP contribution in [-0.2, 0) is 0 Å². The molecular weight excluding hydrogens is 320 g/mol. The molecule has 0 spiro atoms. The highest BCUT2D eigenvalue weighted by atomic mass is 79.9. The summed E-state index contributed by atoms with van der Waals surface area (Å²) in [6.07, 6.45) is 0. The van der Waals surface area contributed by atoms with Gasteiger partial charge in [-0.2, -0.15) is 8.78 Å². The molecule has 1 aromatic carbocycles. The molecule has 0 bridgehead atoms. The van der Waals surface area contributed by atoms with Gasteiger partial charge in [0.15, 0.2) is 0 Å². The minimum atomic E-state index is -2.86. The summed E-state index contributed by atoms with van der Waals surface area (Å²) in [6, 6.07) is 5.58. The van der Waals surface area contributed by atoms with Crippen LogP contribution in [-0.4, -0.2) is 23.9 Å². The van der Waals surface area contributed by atoms with Gasteiger partial charge in [-0.05, 0) is 30.2 Å². The monoisotopic (exact) mass is 335 g/mol. The normalized spacial score (nSPS) is 12.6. The van der Waals surface area contributed by atoms with Crippen LogP contribution >= 0.6 is 15.9 Å². The first-order chi connectivity index (χ1) is 8.90. The summed E-state index contributed by atoms with van der Waals surface area (Å²) in [4.78, 5) is 12.0. The van der Waals surface area contributed by atoms with E-state index in [2.05, 4.69) is 26.0 Å². The molecule has 0 aliphatic rings. The van der Waals surface area contributed by atoms with Gasteiger partial charge in [-0.25, -0.2) is 0 Å². The van der Waals surface area contributed by atoms with Crippen LogP contribution in [0.1, 0.15) is 24.2 Å². The Hall–Kier alpha value is -1.17. The van der Waals surface area contributed by atoms with Gasteiger partial charge in [0.1, 0.15) is 5.75 Å². The van der Waals surface area contributed by atoms with Crippen molar-refractivity contribution in [3.05, 3.63) is 29.8 Å². The van der Waals surface area contributed by atoms with Gasteiger partial charge in [0.05, 0.1) is 0 Å². The van der Waals surface area contributed by atoms with Gasteiger partial charge in [-0.15, -0.1) is 0 Å². The topological polar surface area (TPSA) is 38.3 Å². The Morgan fingerprint density at radius 2 is 1.89 bits per heavy atom. The van der Waals surface area contributed by atoms with E-state index in [0.717, 1.165) is 0 Å². The van der Waals surface area contributed by atoms with Gasteiger partial charge in [-0.3, -0.25) is 4.79 Å². The molecule has 1 unspecified atom stereocenters. The second-order valence-corrected chi connectivity index (χ2v) is 5.55. The highest BCUT2D eigenvalue weighted by Crippen LogP contribution is 2.15. The third-order valence-electron chi connectivity index (χ3n) is 2.52. The van der Waals surface area contributed by atoms with Gasteiger partial charge >= 0.3 is 6.61 Å². The standard InChI is InChI=1S/C13H16BrF2NO2/c1-8(2)11(14)7-17-12(18)9-3-5-10(6-4-9)19-13(15)16/h3-6,8,11,13H,7H2,1-2H3,(H,17,18). The largest absolute Gasteiger partial charge is 0.435 e. The molecule has 0 aliphatic carbocycles. The van der Waals surface area contributed by atoms with E-state index in [0.29, 0.717) is 18.0 Å². The van der Waals surface area contributed by atoms with Crippen molar-refractivity contribution in [3.63, 3.8) is 0 Å². The summed E-state index contributed by atoms with van der Waals surface area (Å²) in [5.74, 6) is 0.197. The zero-order valence-electron chi connectivity index (χ0n) is 10.7. The van der Waals surface area contributed by atoms with E-state index in [4.69, 9.17) is 0 Å². The van der Waals surface area contributed by atoms with Crippen molar-refractivity contribution in [3.8, 4) is 5.75 Å². The first-order valence-corrected chi connectivity index (χ1v) is 6.79. The van der Waals surface area contributed by atoms with Crippen LogP contribution in [0.2, 0.25) is 0 Å². The molecule has 1 rings (SSSR count). The van der Waals surface area contributed by atoms with Gasteiger partial charge in [0, 0.05) is 16.9 Å². The molecule has 1 N–H and O–H groups in total. The lowest BCUT2D eigenvalue weighted by atomic mass is 10.1. The fourth-order valence-corrected chi connectivity index (χ4v) is 1.48. The van der Waals surface area contributed by atoms with Crippen molar-refractivity contribution in [2.75, 3.05) is 6.54 Å². The molecule has 3 nitrogen and oxygen atoms in total. The third kappa shape index (κ3) is 5.55. The van der Waals surface area contributed by atoms with Crippen molar-refractivity contribution in [2.45, 2.75) is 25.3 Å². The molecule has 0 aromatic heterocycles. The summed E-state index contributed by atoms with van der Waals surface area (Å²) < 4.78 is 28.1. The molecule has 1 amide bonds. The van der Waals surface area contributed by atoms with E-state index < -0.39 is 6.61 Å². The molecule has 0 saturated heterocycles. The summed E-state index contributed by atoms with van der Waals surface area (Å²) in [6.45, 7) is 1.73. The number of alkyl halides is 3. The van der Waals surface area contributed by atoms with E-state index >= 15 is 0 Å².